The highest BCUT2D eigenvalue weighted by atomic mass is 32.1. The fourth-order valence-corrected chi connectivity index (χ4v) is 3.10. The lowest BCUT2D eigenvalue weighted by Crippen LogP contribution is -2.34. The van der Waals surface area contributed by atoms with E-state index in [4.69, 9.17) is 4.98 Å². The van der Waals surface area contributed by atoms with Crippen molar-refractivity contribution in [3.05, 3.63) is 10.6 Å². The summed E-state index contributed by atoms with van der Waals surface area (Å²) in [6.07, 6.45) is 3.74. The Kier molecular flexibility index (Phi) is 2.40. The predicted molar refractivity (Wildman–Crippen MR) is 62.9 cm³/mol. The lowest BCUT2D eigenvalue weighted by Gasteiger charge is -2.18. The fraction of sp³-hybridized carbons (Fsp3) is 0.727. The molecule has 0 N–H and O–H groups in total. The lowest BCUT2D eigenvalue weighted by molar-refractivity contribution is 0.477. The Balaban J connectivity index is 2.32. The minimum Gasteiger partial charge on any atom is -0.273 e. The second-order valence-electron chi connectivity index (χ2n) is 5.23. The molecule has 1 aromatic heterocycles. The molecule has 1 atom stereocenters. The van der Waals surface area contributed by atoms with Gasteiger partial charge in [-0.3, -0.25) is 4.48 Å². The van der Waals surface area contributed by atoms with Crippen LogP contribution in [0.15, 0.2) is 0 Å². The van der Waals surface area contributed by atoms with Crippen LogP contribution in [0.5, 0.6) is 0 Å². The standard InChI is InChI=1S/C11H19N2S/c1-8-5-6-9-10(7-8)14-11(12-9)13(2,3)4/h8H,5-7H2,1-4H3/q+1. The van der Waals surface area contributed by atoms with Crippen molar-refractivity contribution in [2.45, 2.75) is 26.2 Å². The zero-order chi connectivity index (χ0) is 10.3. The van der Waals surface area contributed by atoms with E-state index in [2.05, 4.69) is 28.1 Å². The topological polar surface area (TPSA) is 12.9 Å². The van der Waals surface area contributed by atoms with Gasteiger partial charge in [-0.1, -0.05) is 18.3 Å². The summed E-state index contributed by atoms with van der Waals surface area (Å²) in [6.45, 7) is 2.34. The van der Waals surface area contributed by atoms with Gasteiger partial charge in [-0.05, 0) is 25.2 Å². The van der Waals surface area contributed by atoms with E-state index in [-0.39, 0.29) is 0 Å². The molecule has 1 aromatic rings. The number of thiazole rings is 1. The van der Waals surface area contributed by atoms with Crippen LogP contribution < -0.4 is 4.48 Å². The third-order valence-corrected chi connectivity index (χ3v) is 4.22. The SMILES string of the molecule is CC1CCc2nc([N+](C)(C)C)sc2C1. The predicted octanol–water partition coefficient (Wildman–Crippen LogP) is 2.46. The van der Waals surface area contributed by atoms with Gasteiger partial charge in [0.25, 0.3) is 5.13 Å². The average molecular weight is 211 g/mol. The Morgan fingerprint density at radius 3 is 2.71 bits per heavy atom. The molecule has 1 aliphatic rings. The van der Waals surface area contributed by atoms with Crippen molar-refractivity contribution in [2.75, 3.05) is 21.1 Å². The van der Waals surface area contributed by atoms with Gasteiger partial charge in [-0.25, -0.2) is 0 Å². The fourth-order valence-electron chi connectivity index (χ4n) is 1.81. The van der Waals surface area contributed by atoms with Gasteiger partial charge in [-0.2, -0.15) is 4.98 Å². The van der Waals surface area contributed by atoms with E-state index in [1.807, 2.05) is 11.3 Å². The van der Waals surface area contributed by atoms with Crippen LogP contribution in [0, 0.1) is 5.92 Å². The Labute approximate surface area is 90.2 Å². The highest BCUT2D eigenvalue weighted by Gasteiger charge is 2.25. The molecule has 0 radical (unpaired) electrons. The molecule has 14 heavy (non-hydrogen) atoms. The van der Waals surface area contributed by atoms with Gasteiger partial charge in [0.1, 0.15) is 0 Å². The van der Waals surface area contributed by atoms with Crippen LogP contribution in [0.1, 0.15) is 23.9 Å². The summed E-state index contributed by atoms with van der Waals surface area (Å²) in [7, 11) is 6.56. The molecule has 1 aliphatic carbocycles. The molecule has 0 amide bonds. The van der Waals surface area contributed by atoms with Gasteiger partial charge in [-0.15, -0.1) is 0 Å². The molecule has 2 nitrogen and oxygen atoms in total. The molecule has 0 bridgehead atoms. The monoisotopic (exact) mass is 211 g/mol. The third-order valence-electron chi connectivity index (χ3n) is 2.75. The number of hydrogen-bond acceptors (Lipinski definition) is 2. The summed E-state index contributed by atoms with van der Waals surface area (Å²) in [5.41, 5.74) is 1.37. The van der Waals surface area contributed by atoms with Crippen LogP contribution in [-0.2, 0) is 12.8 Å². The summed E-state index contributed by atoms with van der Waals surface area (Å²) < 4.78 is 0.853. The quantitative estimate of drug-likeness (QED) is 0.650. The molecule has 3 heteroatoms. The molecule has 0 spiro atoms. The zero-order valence-corrected chi connectivity index (χ0v) is 10.3. The average Bonchev–Trinajstić information content (AvgIpc) is 2.45. The Morgan fingerprint density at radius 2 is 2.07 bits per heavy atom. The van der Waals surface area contributed by atoms with E-state index in [9.17, 15) is 0 Å². The van der Waals surface area contributed by atoms with E-state index < -0.39 is 0 Å². The lowest BCUT2D eigenvalue weighted by atomic mass is 9.93. The smallest absolute Gasteiger partial charge is 0.273 e. The van der Waals surface area contributed by atoms with E-state index in [0.29, 0.717) is 0 Å². The maximum atomic E-state index is 4.75. The van der Waals surface area contributed by atoms with Crippen LogP contribution in [0.25, 0.3) is 0 Å². The number of aromatic nitrogens is 1. The summed E-state index contributed by atoms with van der Waals surface area (Å²) in [4.78, 5) is 6.28. The van der Waals surface area contributed by atoms with Crippen molar-refractivity contribution in [1.82, 2.24) is 9.47 Å². The molecular weight excluding hydrogens is 192 g/mol. The first kappa shape index (κ1) is 10.1. The minimum absolute atomic E-state index is 0.850. The minimum atomic E-state index is 0.850. The Hall–Kier alpha value is -0.410. The van der Waals surface area contributed by atoms with Gasteiger partial charge in [0, 0.05) is 4.88 Å². The van der Waals surface area contributed by atoms with Crippen molar-refractivity contribution in [3.63, 3.8) is 0 Å². The second-order valence-corrected chi connectivity index (χ2v) is 6.29. The first-order chi connectivity index (χ1) is 6.47. The molecule has 78 valence electrons. The molecule has 0 saturated carbocycles. The summed E-state index contributed by atoms with van der Waals surface area (Å²) in [5, 5.41) is 1.25. The molecule has 0 aliphatic heterocycles. The van der Waals surface area contributed by atoms with Crippen LogP contribution in [0.4, 0.5) is 5.13 Å². The van der Waals surface area contributed by atoms with Crippen LogP contribution >= 0.6 is 11.3 Å². The first-order valence-corrected chi connectivity index (χ1v) is 6.09. The van der Waals surface area contributed by atoms with Crippen molar-refractivity contribution >= 4 is 16.5 Å². The number of hydrogen-bond donors (Lipinski definition) is 0. The third kappa shape index (κ3) is 1.84. The number of fused-ring (bicyclic) bond motifs is 1. The van der Waals surface area contributed by atoms with Gasteiger partial charge in [0.2, 0.25) is 0 Å². The maximum absolute atomic E-state index is 4.75. The van der Waals surface area contributed by atoms with Crippen molar-refractivity contribution < 1.29 is 0 Å². The molecule has 0 fully saturated rings. The normalized spacial score (nSPS) is 22.1. The van der Waals surface area contributed by atoms with Gasteiger partial charge < -0.3 is 0 Å². The highest BCUT2D eigenvalue weighted by Crippen LogP contribution is 2.34. The number of nitrogens with zero attached hydrogens (tertiary/aromatic N) is 2. The van der Waals surface area contributed by atoms with E-state index >= 15 is 0 Å². The number of quaternary nitrogens is 1. The number of rotatable bonds is 1. The summed E-state index contributed by atoms with van der Waals surface area (Å²) in [5.74, 6) is 0.850. The van der Waals surface area contributed by atoms with Crippen LogP contribution in [0.3, 0.4) is 0 Å². The van der Waals surface area contributed by atoms with Gasteiger partial charge >= 0.3 is 0 Å². The maximum Gasteiger partial charge on any atom is 0.285 e. The molecular formula is C11H19N2S+. The van der Waals surface area contributed by atoms with Crippen molar-refractivity contribution in [3.8, 4) is 0 Å². The Morgan fingerprint density at radius 1 is 1.36 bits per heavy atom. The first-order valence-electron chi connectivity index (χ1n) is 5.27. The van der Waals surface area contributed by atoms with Crippen LogP contribution in [-0.4, -0.2) is 26.1 Å². The molecule has 0 aromatic carbocycles. The molecule has 1 heterocycles. The molecule has 1 unspecified atom stereocenters. The van der Waals surface area contributed by atoms with Crippen molar-refractivity contribution in [2.24, 2.45) is 5.92 Å². The summed E-state index contributed by atoms with van der Waals surface area (Å²) in [6, 6.07) is 0. The van der Waals surface area contributed by atoms with E-state index in [0.717, 1.165) is 10.4 Å². The number of aryl methyl sites for hydroxylation is 1. The molecule has 2 rings (SSSR count). The molecule has 0 saturated heterocycles. The largest absolute Gasteiger partial charge is 0.285 e. The van der Waals surface area contributed by atoms with E-state index in [1.165, 1.54) is 35.0 Å². The van der Waals surface area contributed by atoms with Crippen LogP contribution in [0.2, 0.25) is 0 Å². The second kappa shape index (κ2) is 3.31. The zero-order valence-electron chi connectivity index (χ0n) is 9.50. The van der Waals surface area contributed by atoms with Gasteiger partial charge in [0.05, 0.1) is 26.8 Å². The van der Waals surface area contributed by atoms with Gasteiger partial charge in [0.15, 0.2) is 0 Å². The summed E-state index contributed by atoms with van der Waals surface area (Å²) >= 11 is 1.91. The van der Waals surface area contributed by atoms with Crippen molar-refractivity contribution in [1.29, 1.82) is 0 Å². The van der Waals surface area contributed by atoms with E-state index in [1.54, 1.807) is 0 Å². The highest BCUT2D eigenvalue weighted by molar-refractivity contribution is 7.15. The Bertz CT molecular complexity index is 336.